The first-order chi connectivity index (χ1) is 12.6. The zero-order valence-electron chi connectivity index (χ0n) is 16.6. The van der Waals surface area contributed by atoms with Crippen LogP contribution in [0.2, 0.25) is 0 Å². The third-order valence-electron chi connectivity index (χ3n) is 4.62. The van der Waals surface area contributed by atoms with Crippen LogP contribution in [0.4, 0.5) is 5.69 Å². The number of amides is 1. The zero-order valence-corrected chi connectivity index (χ0v) is 17.4. The molecule has 6 heteroatoms. The van der Waals surface area contributed by atoms with Gasteiger partial charge in [-0.1, -0.05) is 48.9 Å². The molecule has 0 radical (unpaired) electrons. The van der Waals surface area contributed by atoms with Gasteiger partial charge < -0.3 is 5.32 Å². The van der Waals surface area contributed by atoms with Crippen molar-refractivity contribution in [2.75, 3.05) is 10.6 Å². The molecule has 0 aliphatic rings. The summed E-state index contributed by atoms with van der Waals surface area (Å²) in [5.41, 5.74) is 3.71. The zero-order chi connectivity index (χ0) is 20.2. The first-order valence-corrected chi connectivity index (χ1v) is 10.9. The van der Waals surface area contributed by atoms with E-state index in [1.807, 2.05) is 57.2 Å². The SMILES string of the molecule is CCc1ccc(N([C@@H](C)C(=O)N[C@H](C)c2ccc(C)cc2)S(C)(=O)=O)cc1. The van der Waals surface area contributed by atoms with Gasteiger partial charge in [-0.25, -0.2) is 8.42 Å². The molecule has 0 aromatic heterocycles. The lowest BCUT2D eigenvalue weighted by atomic mass is 10.1. The molecule has 2 aromatic carbocycles. The predicted octanol–water partition coefficient (Wildman–Crippen LogP) is 3.59. The summed E-state index contributed by atoms with van der Waals surface area (Å²) in [5, 5.41) is 2.92. The van der Waals surface area contributed by atoms with Crippen molar-refractivity contribution in [3.8, 4) is 0 Å². The van der Waals surface area contributed by atoms with Gasteiger partial charge in [-0.15, -0.1) is 0 Å². The van der Waals surface area contributed by atoms with Crippen LogP contribution in [0, 0.1) is 6.92 Å². The maximum absolute atomic E-state index is 12.8. The van der Waals surface area contributed by atoms with Gasteiger partial charge in [0.2, 0.25) is 15.9 Å². The van der Waals surface area contributed by atoms with Crippen LogP contribution in [-0.2, 0) is 21.2 Å². The molecule has 0 heterocycles. The lowest BCUT2D eigenvalue weighted by molar-refractivity contribution is -0.122. The molecule has 2 aromatic rings. The number of nitrogens with one attached hydrogen (secondary N) is 1. The van der Waals surface area contributed by atoms with Crippen molar-refractivity contribution < 1.29 is 13.2 Å². The van der Waals surface area contributed by atoms with Gasteiger partial charge in [0.15, 0.2) is 0 Å². The smallest absolute Gasteiger partial charge is 0.244 e. The van der Waals surface area contributed by atoms with E-state index in [1.54, 1.807) is 19.1 Å². The van der Waals surface area contributed by atoms with E-state index >= 15 is 0 Å². The molecule has 0 saturated heterocycles. The molecule has 0 fully saturated rings. The maximum atomic E-state index is 12.8. The Morgan fingerprint density at radius 2 is 1.59 bits per heavy atom. The average Bonchev–Trinajstić information content (AvgIpc) is 2.61. The third kappa shape index (κ3) is 5.32. The summed E-state index contributed by atoms with van der Waals surface area (Å²) >= 11 is 0. The van der Waals surface area contributed by atoms with E-state index in [0.29, 0.717) is 5.69 Å². The second-order valence-electron chi connectivity index (χ2n) is 6.90. The van der Waals surface area contributed by atoms with Crippen LogP contribution < -0.4 is 9.62 Å². The van der Waals surface area contributed by atoms with Crippen molar-refractivity contribution in [1.29, 1.82) is 0 Å². The van der Waals surface area contributed by atoms with E-state index in [9.17, 15) is 13.2 Å². The highest BCUT2D eigenvalue weighted by atomic mass is 32.2. The number of hydrogen-bond acceptors (Lipinski definition) is 3. The molecule has 146 valence electrons. The normalized spacial score (nSPS) is 13.7. The number of benzene rings is 2. The van der Waals surface area contributed by atoms with Gasteiger partial charge in [0.25, 0.3) is 0 Å². The Bertz CT molecular complexity index is 875. The number of anilines is 1. The summed E-state index contributed by atoms with van der Waals surface area (Å²) < 4.78 is 25.9. The molecule has 1 N–H and O–H groups in total. The van der Waals surface area contributed by atoms with E-state index in [0.717, 1.165) is 29.4 Å². The van der Waals surface area contributed by atoms with Crippen LogP contribution in [0.15, 0.2) is 48.5 Å². The highest BCUT2D eigenvalue weighted by Crippen LogP contribution is 2.22. The van der Waals surface area contributed by atoms with Gasteiger partial charge in [-0.05, 0) is 50.5 Å². The Morgan fingerprint density at radius 3 is 2.07 bits per heavy atom. The fourth-order valence-electron chi connectivity index (χ4n) is 2.96. The molecule has 0 aliphatic carbocycles. The monoisotopic (exact) mass is 388 g/mol. The molecule has 0 aliphatic heterocycles. The molecular weight excluding hydrogens is 360 g/mol. The summed E-state index contributed by atoms with van der Waals surface area (Å²) in [6.07, 6.45) is 1.98. The number of hydrogen-bond donors (Lipinski definition) is 1. The fourth-order valence-corrected chi connectivity index (χ4v) is 4.13. The summed E-state index contributed by atoms with van der Waals surface area (Å²) in [4.78, 5) is 12.8. The van der Waals surface area contributed by atoms with Gasteiger partial charge in [-0.2, -0.15) is 0 Å². The molecule has 27 heavy (non-hydrogen) atoms. The van der Waals surface area contributed by atoms with E-state index in [-0.39, 0.29) is 11.9 Å². The Labute approximate surface area is 162 Å². The third-order valence-corrected chi connectivity index (χ3v) is 5.87. The Kier molecular flexibility index (Phi) is 6.65. The standard InChI is InChI=1S/C21H28N2O3S/c1-6-18-9-13-20(14-10-18)23(27(5,25)26)17(4)21(24)22-16(3)19-11-7-15(2)8-12-19/h7-14,16-17H,6H2,1-5H3,(H,22,24)/t16-,17+/m1/s1. The van der Waals surface area contributed by atoms with Crippen LogP contribution in [0.5, 0.6) is 0 Å². The van der Waals surface area contributed by atoms with Gasteiger partial charge in [0.1, 0.15) is 6.04 Å². The Hall–Kier alpha value is -2.34. The molecule has 1 amide bonds. The van der Waals surface area contributed by atoms with Crippen LogP contribution in [0.3, 0.4) is 0 Å². The van der Waals surface area contributed by atoms with Crippen molar-refractivity contribution in [1.82, 2.24) is 5.32 Å². The molecule has 5 nitrogen and oxygen atoms in total. The van der Waals surface area contributed by atoms with E-state index in [2.05, 4.69) is 5.32 Å². The number of carbonyl (C=O) groups is 1. The lowest BCUT2D eigenvalue weighted by Gasteiger charge is -2.29. The topological polar surface area (TPSA) is 66.5 Å². The highest BCUT2D eigenvalue weighted by Gasteiger charge is 2.29. The van der Waals surface area contributed by atoms with Crippen molar-refractivity contribution in [2.45, 2.75) is 46.2 Å². The number of carbonyl (C=O) groups excluding carboxylic acids is 1. The molecule has 0 spiro atoms. The average molecular weight is 389 g/mol. The molecule has 0 saturated carbocycles. The lowest BCUT2D eigenvalue weighted by Crippen LogP contribution is -2.48. The minimum Gasteiger partial charge on any atom is -0.348 e. The van der Waals surface area contributed by atoms with Gasteiger partial charge in [0.05, 0.1) is 18.0 Å². The Balaban J connectivity index is 2.22. The van der Waals surface area contributed by atoms with E-state index in [4.69, 9.17) is 0 Å². The maximum Gasteiger partial charge on any atom is 0.244 e. The largest absolute Gasteiger partial charge is 0.348 e. The highest BCUT2D eigenvalue weighted by molar-refractivity contribution is 7.92. The fraction of sp³-hybridized carbons (Fsp3) is 0.381. The second kappa shape index (κ2) is 8.57. The quantitative estimate of drug-likeness (QED) is 0.788. The first kappa shape index (κ1) is 21.0. The number of nitrogens with zero attached hydrogens (tertiary/aromatic N) is 1. The summed E-state index contributed by atoms with van der Waals surface area (Å²) in [7, 11) is -3.62. The molecule has 2 rings (SSSR count). The first-order valence-electron chi connectivity index (χ1n) is 9.08. The molecular formula is C21H28N2O3S. The Morgan fingerprint density at radius 1 is 1.04 bits per heavy atom. The summed E-state index contributed by atoms with van der Waals surface area (Å²) in [6.45, 7) is 7.52. The summed E-state index contributed by atoms with van der Waals surface area (Å²) in [6, 6.07) is 14.1. The van der Waals surface area contributed by atoms with Gasteiger partial charge in [0, 0.05) is 0 Å². The van der Waals surface area contributed by atoms with Crippen LogP contribution in [-0.4, -0.2) is 26.6 Å². The van der Waals surface area contributed by atoms with Crippen molar-refractivity contribution in [3.05, 3.63) is 65.2 Å². The minimum absolute atomic E-state index is 0.218. The van der Waals surface area contributed by atoms with Crippen molar-refractivity contribution >= 4 is 21.6 Å². The van der Waals surface area contributed by atoms with Crippen LogP contribution in [0.25, 0.3) is 0 Å². The molecule has 0 bridgehead atoms. The second-order valence-corrected chi connectivity index (χ2v) is 8.76. The van der Waals surface area contributed by atoms with E-state index < -0.39 is 16.1 Å². The van der Waals surface area contributed by atoms with E-state index in [1.165, 1.54) is 4.31 Å². The predicted molar refractivity (Wildman–Crippen MR) is 110 cm³/mol. The van der Waals surface area contributed by atoms with Crippen LogP contribution >= 0.6 is 0 Å². The van der Waals surface area contributed by atoms with Crippen molar-refractivity contribution in [2.24, 2.45) is 0 Å². The number of sulfonamides is 1. The van der Waals surface area contributed by atoms with Gasteiger partial charge >= 0.3 is 0 Å². The number of rotatable bonds is 7. The minimum atomic E-state index is -3.62. The van der Waals surface area contributed by atoms with Gasteiger partial charge in [-0.3, -0.25) is 9.10 Å². The number of aryl methyl sites for hydroxylation is 2. The molecule has 0 unspecified atom stereocenters. The van der Waals surface area contributed by atoms with Crippen LogP contribution in [0.1, 0.15) is 43.5 Å². The van der Waals surface area contributed by atoms with Crippen molar-refractivity contribution in [3.63, 3.8) is 0 Å². The molecule has 2 atom stereocenters. The summed E-state index contributed by atoms with van der Waals surface area (Å²) in [5.74, 6) is -0.340.